The Bertz CT molecular complexity index is 416. The first-order valence-corrected chi connectivity index (χ1v) is 7.65. The topological polar surface area (TPSA) is 61.3 Å². The number of aliphatic hydroxyl groups excluding tert-OH is 1. The van der Waals surface area contributed by atoms with Crippen LogP contribution >= 0.6 is 15.9 Å². The van der Waals surface area contributed by atoms with Crippen molar-refractivity contribution < 1.29 is 5.11 Å². The zero-order valence-electron chi connectivity index (χ0n) is 11.3. The number of aromatic nitrogens is 2. The minimum absolute atomic E-state index is 0.271. The first-order chi connectivity index (χ1) is 9.26. The van der Waals surface area contributed by atoms with Crippen molar-refractivity contribution in [3.8, 4) is 0 Å². The highest BCUT2D eigenvalue weighted by Gasteiger charge is 2.25. The molecule has 1 aliphatic heterocycles. The van der Waals surface area contributed by atoms with Crippen molar-refractivity contribution in [2.24, 2.45) is 5.92 Å². The second-order valence-corrected chi connectivity index (χ2v) is 5.69. The number of hydrogen-bond donors (Lipinski definition) is 2. The van der Waals surface area contributed by atoms with E-state index in [-0.39, 0.29) is 6.61 Å². The van der Waals surface area contributed by atoms with E-state index >= 15 is 0 Å². The standard InChI is InChI=1S/C13H21BrN4O/c1-2-5-15-12-11(14)13(17-9-16-12)18-6-3-10(8-18)4-7-19/h9-10,19H,2-8H2,1H3,(H,15,16,17). The van der Waals surface area contributed by atoms with Crippen molar-refractivity contribution in [2.75, 3.05) is 36.5 Å². The number of rotatable bonds is 6. The molecule has 2 N–H and O–H groups in total. The van der Waals surface area contributed by atoms with Gasteiger partial charge in [0.15, 0.2) is 0 Å². The van der Waals surface area contributed by atoms with Gasteiger partial charge in [0.05, 0.1) is 0 Å². The molecular formula is C13H21BrN4O. The molecule has 1 fully saturated rings. The van der Waals surface area contributed by atoms with E-state index in [1.165, 1.54) is 0 Å². The van der Waals surface area contributed by atoms with Crippen LogP contribution in [0.5, 0.6) is 0 Å². The summed E-state index contributed by atoms with van der Waals surface area (Å²) in [5.74, 6) is 2.38. The molecule has 6 heteroatoms. The Hall–Kier alpha value is -0.880. The van der Waals surface area contributed by atoms with Gasteiger partial charge in [-0.3, -0.25) is 0 Å². The summed E-state index contributed by atoms with van der Waals surface area (Å²) < 4.78 is 0.938. The van der Waals surface area contributed by atoms with Crippen LogP contribution in [-0.4, -0.2) is 41.3 Å². The second kappa shape index (κ2) is 7.05. The van der Waals surface area contributed by atoms with Gasteiger partial charge in [0.1, 0.15) is 22.4 Å². The normalized spacial score (nSPS) is 18.9. The average Bonchev–Trinajstić information content (AvgIpc) is 2.86. The lowest BCUT2D eigenvalue weighted by atomic mass is 10.1. The minimum Gasteiger partial charge on any atom is -0.396 e. The van der Waals surface area contributed by atoms with Gasteiger partial charge >= 0.3 is 0 Å². The number of nitrogens with one attached hydrogen (secondary N) is 1. The van der Waals surface area contributed by atoms with Gasteiger partial charge in [-0.1, -0.05) is 6.92 Å². The third-order valence-corrected chi connectivity index (χ3v) is 4.17. The van der Waals surface area contributed by atoms with Gasteiger partial charge in [0.2, 0.25) is 0 Å². The SMILES string of the molecule is CCCNc1ncnc(N2CCC(CCO)C2)c1Br. The van der Waals surface area contributed by atoms with Gasteiger partial charge in [-0.15, -0.1) is 0 Å². The third-order valence-electron chi connectivity index (χ3n) is 3.44. The van der Waals surface area contributed by atoms with E-state index < -0.39 is 0 Å². The molecule has 0 spiro atoms. The number of anilines is 2. The van der Waals surface area contributed by atoms with Crippen molar-refractivity contribution in [3.05, 3.63) is 10.8 Å². The average molecular weight is 329 g/mol. The molecule has 1 aromatic rings. The van der Waals surface area contributed by atoms with Crippen molar-refractivity contribution in [1.29, 1.82) is 0 Å². The van der Waals surface area contributed by atoms with Crippen molar-refractivity contribution in [1.82, 2.24) is 9.97 Å². The molecule has 0 bridgehead atoms. The highest BCUT2D eigenvalue weighted by molar-refractivity contribution is 9.10. The Labute approximate surface area is 122 Å². The summed E-state index contributed by atoms with van der Waals surface area (Å²) in [6.07, 6.45) is 4.67. The number of halogens is 1. The minimum atomic E-state index is 0.271. The molecule has 1 aromatic heterocycles. The van der Waals surface area contributed by atoms with Crippen LogP contribution in [0.4, 0.5) is 11.6 Å². The number of hydrogen-bond acceptors (Lipinski definition) is 5. The molecule has 1 aliphatic rings. The molecule has 5 nitrogen and oxygen atoms in total. The lowest BCUT2D eigenvalue weighted by Gasteiger charge is -2.20. The van der Waals surface area contributed by atoms with Gasteiger partial charge in [-0.2, -0.15) is 0 Å². The van der Waals surface area contributed by atoms with Crippen molar-refractivity contribution in [3.63, 3.8) is 0 Å². The molecule has 19 heavy (non-hydrogen) atoms. The van der Waals surface area contributed by atoms with E-state index in [0.29, 0.717) is 5.92 Å². The van der Waals surface area contributed by atoms with Gasteiger partial charge in [0.25, 0.3) is 0 Å². The van der Waals surface area contributed by atoms with Crippen LogP contribution < -0.4 is 10.2 Å². The molecule has 2 heterocycles. The summed E-state index contributed by atoms with van der Waals surface area (Å²) in [5.41, 5.74) is 0. The van der Waals surface area contributed by atoms with Crippen LogP contribution in [0.3, 0.4) is 0 Å². The summed E-state index contributed by atoms with van der Waals surface area (Å²) in [6.45, 7) is 5.26. The van der Waals surface area contributed by atoms with Crippen molar-refractivity contribution >= 4 is 27.6 Å². The zero-order valence-corrected chi connectivity index (χ0v) is 12.9. The summed E-state index contributed by atoms with van der Waals surface area (Å²) in [7, 11) is 0. The van der Waals surface area contributed by atoms with Crippen LogP contribution in [0.2, 0.25) is 0 Å². The summed E-state index contributed by atoms with van der Waals surface area (Å²) in [5, 5.41) is 12.3. The fraction of sp³-hybridized carbons (Fsp3) is 0.692. The van der Waals surface area contributed by atoms with Crippen LogP contribution in [0.15, 0.2) is 10.8 Å². The molecule has 0 aromatic carbocycles. The molecule has 1 unspecified atom stereocenters. The van der Waals surface area contributed by atoms with Crippen molar-refractivity contribution in [2.45, 2.75) is 26.2 Å². The Kier molecular flexibility index (Phi) is 5.39. The molecule has 106 valence electrons. The first-order valence-electron chi connectivity index (χ1n) is 6.86. The molecule has 2 rings (SSSR count). The zero-order chi connectivity index (χ0) is 13.7. The molecule has 1 atom stereocenters. The maximum Gasteiger partial charge on any atom is 0.148 e. The lowest BCUT2D eigenvalue weighted by molar-refractivity contribution is 0.263. The molecular weight excluding hydrogens is 308 g/mol. The molecule has 1 saturated heterocycles. The Morgan fingerprint density at radius 1 is 1.53 bits per heavy atom. The Balaban J connectivity index is 2.08. The highest BCUT2D eigenvalue weighted by atomic mass is 79.9. The van der Waals surface area contributed by atoms with Gasteiger partial charge in [-0.05, 0) is 41.1 Å². The highest BCUT2D eigenvalue weighted by Crippen LogP contribution is 2.33. The van der Waals surface area contributed by atoms with Crippen LogP contribution in [-0.2, 0) is 0 Å². The van der Waals surface area contributed by atoms with Crippen LogP contribution in [0.25, 0.3) is 0 Å². The van der Waals surface area contributed by atoms with E-state index in [1.54, 1.807) is 6.33 Å². The molecule has 0 radical (unpaired) electrons. The quantitative estimate of drug-likeness (QED) is 0.838. The fourth-order valence-corrected chi connectivity index (χ4v) is 2.99. The summed E-state index contributed by atoms with van der Waals surface area (Å²) >= 11 is 3.60. The Morgan fingerprint density at radius 2 is 2.37 bits per heavy atom. The fourth-order valence-electron chi connectivity index (χ4n) is 2.39. The van der Waals surface area contributed by atoms with Crippen LogP contribution in [0.1, 0.15) is 26.2 Å². The van der Waals surface area contributed by atoms with E-state index in [0.717, 1.165) is 55.0 Å². The van der Waals surface area contributed by atoms with Crippen LogP contribution in [0, 0.1) is 5.92 Å². The van der Waals surface area contributed by atoms with Gasteiger partial charge < -0.3 is 15.3 Å². The molecule has 0 amide bonds. The largest absolute Gasteiger partial charge is 0.396 e. The smallest absolute Gasteiger partial charge is 0.148 e. The third kappa shape index (κ3) is 3.57. The van der Waals surface area contributed by atoms with E-state index in [9.17, 15) is 0 Å². The molecule has 0 saturated carbocycles. The maximum absolute atomic E-state index is 9.02. The number of nitrogens with zero attached hydrogens (tertiary/aromatic N) is 3. The van der Waals surface area contributed by atoms with E-state index in [2.05, 4.69) is 43.0 Å². The predicted octanol–water partition coefficient (Wildman–Crippen LogP) is 2.27. The van der Waals surface area contributed by atoms with E-state index in [4.69, 9.17) is 5.11 Å². The predicted molar refractivity (Wildman–Crippen MR) is 80.5 cm³/mol. The maximum atomic E-state index is 9.02. The first kappa shape index (κ1) is 14.5. The lowest BCUT2D eigenvalue weighted by Crippen LogP contribution is -2.22. The second-order valence-electron chi connectivity index (χ2n) is 4.90. The molecule has 0 aliphatic carbocycles. The monoisotopic (exact) mass is 328 g/mol. The van der Waals surface area contributed by atoms with E-state index in [1.807, 2.05) is 0 Å². The summed E-state index contributed by atoms with van der Waals surface area (Å²) in [4.78, 5) is 10.9. The Morgan fingerprint density at radius 3 is 3.11 bits per heavy atom. The summed E-state index contributed by atoms with van der Waals surface area (Å²) in [6, 6.07) is 0. The van der Waals surface area contributed by atoms with Gasteiger partial charge in [0, 0.05) is 26.2 Å². The van der Waals surface area contributed by atoms with Gasteiger partial charge in [-0.25, -0.2) is 9.97 Å². The number of aliphatic hydroxyl groups is 1.